The highest BCUT2D eigenvalue weighted by molar-refractivity contribution is 9.09. The summed E-state index contributed by atoms with van der Waals surface area (Å²) in [7, 11) is 0. The molecule has 0 aromatic heterocycles. The van der Waals surface area contributed by atoms with Crippen LogP contribution in [0.1, 0.15) is 40.0 Å². The minimum absolute atomic E-state index is 0.228. The minimum atomic E-state index is -0.371. The molecule has 0 radical (unpaired) electrons. The second kappa shape index (κ2) is 6.71. The van der Waals surface area contributed by atoms with Gasteiger partial charge in [-0.2, -0.15) is 0 Å². The van der Waals surface area contributed by atoms with Crippen molar-refractivity contribution in [3.8, 4) is 0 Å². The quantitative estimate of drug-likeness (QED) is 0.547. The van der Waals surface area contributed by atoms with Crippen LogP contribution in [0.5, 0.6) is 0 Å². The van der Waals surface area contributed by atoms with Gasteiger partial charge in [-0.25, -0.2) is 0 Å². The second-order valence-corrected chi connectivity index (χ2v) is 7.65. The number of hydrogen-bond acceptors (Lipinski definition) is 1. The van der Waals surface area contributed by atoms with Gasteiger partial charge in [0, 0.05) is 10.2 Å². The van der Waals surface area contributed by atoms with Gasteiger partial charge >= 0.3 is 0 Å². The molecule has 3 atom stereocenters. The average molecular weight is 380 g/mol. The average Bonchev–Trinajstić information content (AvgIpc) is 2.32. The van der Waals surface area contributed by atoms with Gasteiger partial charge in [0.2, 0.25) is 0 Å². The van der Waals surface area contributed by atoms with E-state index in [-0.39, 0.29) is 11.5 Å². The lowest BCUT2D eigenvalue weighted by atomic mass is 9.65. The third kappa shape index (κ3) is 3.71. The maximum Gasteiger partial charge on any atom is 0.0844 e. The summed E-state index contributed by atoms with van der Waals surface area (Å²) in [6, 6.07) is 0. The highest BCUT2D eigenvalue weighted by atomic mass is 79.9. The Morgan fingerprint density at radius 2 is 2.22 bits per heavy atom. The maximum atomic E-state index is 9.76. The van der Waals surface area contributed by atoms with E-state index in [1.807, 2.05) is 6.92 Å². The van der Waals surface area contributed by atoms with E-state index in [4.69, 9.17) is 0 Å². The normalized spacial score (nSPS) is 30.3. The zero-order chi connectivity index (χ0) is 13.9. The molecule has 1 rings (SSSR count). The van der Waals surface area contributed by atoms with Gasteiger partial charge in [-0.05, 0) is 43.1 Å². The van der Waals surface area contributed by atoms with Crippen LogP contribution in [-0.2, 0) is 0 Å². The summed E-state index contributed by atoms with van der Waals surface area (Å²) in [5.41, 5.74) is 2.63. The molecule has 1 saturated carbocycles. The molecule has 1 N–H and O–H groups in total. The van der Waals surface area contributed by atoms with Crippen molar-refractivity contribution in [3.63, 3.8) is 0 Å². The lowest BCUT2D eigenvalue weighted by Gasteiger charge is -2.44. The van der Waals surface area contributed by atoms with Crippen LogP contribution in [0.15, 0.2) is 23.8 Å². The first-order valence-corrected chi connectivity index (χ1v) is 8.56. The number of aliphatic hydroxyl groups excluding tert-OH is 1. The molecule has 1 nitrogen and oxygen atoms in total. The largest absolute Gasteiger partial charge is 0.388 e. The molecular weight excluding hydrogens is 356 g/mol. The Balaban J connectivity index is 2.78. The van der Waals surface area contributed by atoms with Gasteiger partial charge in [0.05, 0.1) is 6.10 Å². The van der Waals surface area contributed by atoms with E-state index in [0.29, 0.717) is 16.1 Å². The molecule has 0 aromatic carbocycles. The van der Waals surface area contributed by atoms with Crippen LogP contribution in [-0.4, -0.2) is 21.4 Å². The molecule has 104 valence electrons. The van der Waals surface area contributed by atoms with Crippen molar-refractivity contribution >= 4 is 31.9 Å². The van der Waals surface area contributed by atoms with Crippen LogP contribution < -0.4 is 0 Å². The molecule has 0 aromatic rings. The van der Waals surface area contributed by atoms with Crippen molar-refractivity contribution in [2.75, 3.05) is 5.33 Å². The van der Waals surface area contributed by atoms with Gasteiger partial charge in [-0.1, -0.05) is 63.9 Å². The summed E-state index contributed by atoms with van der Waals surface area (Å²) in [6.07, 6.45) is 5.07. The molecule has 1 unspecified atom stereocenters. The molecule has 18 heavy (non-hydrogen) atoms. The van der Waals surface area contributed by atoms with E-state index < -0.39 is 0 Å². The monoisotopic (exact) mass is 378 g/mol. The second-order valence-electron chi connectivity index (χ2n) is 5.89. The van der Waals surface area contributed by atoms with E-state index in [1.165, 1.54) is 12.0 Å². The standard InChI is InChI=1S/C15H24Br2O/c1-10-6-8-14(17)15(3,4)12(10)7-5-11(2)13(18)9-16/h5,12-14,18H,1,6-9H2,2-4H3/b11-5-/t12-,13?,14+/m1/s1. The summed E-state index contributed by atoms with van der Waals surface area (Å²) in [6.45, 7) is 10.9. The third-order valence-electron chi connectivity index (χ3n) is 4.26. The number of aliphatic hydroxyl groups is 1. The van der Waals surface area contributed by atoms with Crippen LogP contribution in [0.25, 0.3) is 0 Å². The van der Waals surface area contributed by atoms with Gasteiger partial charge in [-0.15, -0.1) is 0 Å². The van der Waals surface area contributed by atoms with Gasteiger partial charge in [-0.3, -0.25) is 0 Å². The fraction of sp³-hybridized carbons (Fsp3) is 0.733. The van der Waals surface area contributed by atoms with Gasteiger partial charge in [0.1, 0.15) is 0 Å². The molecule has 0 amide bonds. The van der Waals surface area contributed by atoms with E-state index >= 15 is 0 Å². The molecular formula is C15H24Br2O. The molecule has 1 fully saturated rings. The van der Waals surface area contributed by atoms with Crippen molar-refractivity contribution in [1.82, 2.24) is 0 Å². The zero-order valence-electron chi connectivity index (χ0n) is 11.5. The Kier molecular flexibility index (Phi) is 6.14. The Morgan fingerprint density at radius 3 is 2.78 bits per heavy atom. The van der Waals surface area contributed by atoms with Crippen molar-refractivity contribution in [1.29, 1.82) is 0 Å². The van der Waals surface area contributed by atoms with Crippen LogP contribution in [0, 0.1) is 11.3 Å². The van der Waals surface area contributed by atoms with Crippen molar-refractivity contribution in [2.45, 2.75) is 51.0 Å². The SMILES string of the molecule is C=C1CC[C@H](Br)C(C)(C)[C@@H]1C/C=C(/C)C(O)CBr. The molecule has 0 spiro atoms. The topological polar surface area (TPSA) is 20.2 Å². The number of allylic oxidation sites excluding steroid dienone is 2. The maximum absolute atomic E-state index is 9.76. The first kappa shape index (κ1) is 16.5. The predicted octanol–water partition coefficient (Wildman–Crippen LogP) is 4.83. The molecule has 0 heterocycles. The molecule has 0 bridgehead atoms. The van der Waals surface area contributed by atoms with E-state index in [2.05, 4.69) is 58.4 Å². The lowest BCUT2D eigenvalue weighted by Crippen LogP contribution is -2.38. The fourth-order valence-electron chi connectivity index (χ4n) is 2.63. The van der Waals surface area contributed by atoms with Crippen molar-refractivity contribution in [3.05, 3.63) is 23.8 Å². The number of rotatable bonds is 4. The van der Waals surface area contributed by atoms with Crippen molar-refractivity contribution in [2.24, 2.45) is 11.3 Å². The highest BCUT2D eigenvalue weighted by Crippen LogP contribution is 2.48. The van der Waals surface area contributed by atoms with Crippen LogP contribution in [0.3, 0.4) is 0 Å². The van der Waals surface area contributed by atoms with Gasteiger partial charge < -0.3 is 5.11 Å². The predicted molar refractivity (Wildman–Crippen MR) is 86.5 cm³/mol. The Hall–Kier alpha value is 0.400. The Morgan fingerprint density at radius 1 is 1.61 bits per heavy atom. The molecule has 0 saturated heterocycles. The first-order chi connectivity index (χ1) is 8.30. The van der Waals surface area contributed by atoms with Gasteiger partial charge in [0.15, 0.2) is 0 Å². The summed E-state index contributed by atoms with van der Waals surface area (Å²) in [5.74, 6) is 0.494. The van der Waals surface area contributed by atoms with Crippen LogP contribution in [0.2, 0.25) is 0 Å². The highest BCUT2D eigenvalue weighted by Gasteiger charge is 2.40. The third-order valence-corrected chi connectivity index (χ3v) is 6.52. The Labute approximate surface area is 128 Å². The molecule has 1 aliphatic rings. The molecule has 0 aliphatic heterocycles. The van der Waals surface area contributed by atoms with E-state index in [0.717, 1.165) is 18.4 Å². The van der Waals surface area contributed by atoms with Crippen molar-refractivity contribution < 1.29 is 5.11 Å². The van der Waals surface area contributed by atoms with E-state index in [1.54, 1.807) is 0 Å². The molecule has 3 heteroatoms. The smallest absolute Gasteiger partial charge is 0.0844 e. The summed E-state index contributed by atoms with van der Waals surface area (Å²) >= 11 is 7.12. The summed E-state index contributed by atoms with van der Waals surface area (Å²) in [5, 5.41) is 10.4. The first-order valence-electron chi connectivity index (χ1n) is 6.53. The summed E-state index contributed by atoms with van der Waals surface area (Å²) < 4.78 is 0. The Bertz CT molecular complexity index is 333. The van der Waals surface area contributed by atoms with Crippen LogP contribution >= 0.6 is 31.9 Å². The number of hydrogen-bond donors (Lipinski definition) is 1. The van der Waals surface area contributed by atoms with E-state index in [9.17, 15) is 5.11 Å². The number of alkyl halides is 2. The fourth-order valence-corrected chi connectivity index (χ4v) is 3.69. The summed E-state index contributed by atoms with van der Waals surface area (Å²) in [4.78, 5) is 0.551. The minimum Gasteiger partial charge on any atom is -0.388 e. The lowest BCUT2D eigenvalue weighted by molar-refractivity contribution is 0.203. The van der Waals surface area contributed by atoms with Gasteiger partial charge in [0.25, 0.3) is 0 Å². The zero-order valence-corrected chi connectivity index (χ0v) is 14.7. The molecule has 1 aliphatic carbocycles. The number of halogens is 2. The van der Waals surface area contributed by atoms with Crippen LogP contribution in [0.4, 0.5) is 0 Å².